The van der Waals surface area contributed by atoms with Crippen molar-refractivity contribution < 1.29 is 18.3 Å². The number of nitriles is 1. The Kier molecular flexibility index (Phi) is 2.58. The van der Waals surface area contributed by atoms with Crippen LogP contribution in [-0.2, 0) is 6.18 Å². The number of benzene rings is 1. The van der Waals surface area contributed by atoms with Crippen molar-refractivity contribution in [2.24, 2.45) is 0 Å². The van der Waals surface area contributed by atoms with Crippen LogP contribution in [0.1, 0.15) is 11.1 Å². The van der Waals surface area contributed by atoms with Gasteiger partial charge in [-0.2, -0.15) is 18.4 Å². The van der Waals surface area contributed by atoms with E-state index in [-0.39, 0.29) is 5.02 Å². The quantitative estimate of drug-likeness (QED) is 0.732. The summed E-state index contributed by atoms with van der Waals surface area (Å²) in [6, 6.07) is 2.95. The first kappa shape index (κ1) is 10.7. The van der Waals surface area contributed by atoms with Crippen LogP contribution in [0.3, 0.4) is 0 Å². The van der Waals surface area contributed by atoms with Gasteiger partial charge in [-0.1, -0.05) is 11.6 Å². The molecule has 0 aromatic heterocycles. The largest absolute Gasteiger partial charge is 0.506 e. The lowest BCUT2D eigenvalue weighted by Crippen LogP contribution is -2.06. The van der Waals surface area contributed by atoms with Gasteiger partial charge in [0.15, 0.2) is 0 Å². The standard InChI is InChI=1S/C8H3ClF3NO/c9-5-1-4(3-13)7(14)6(2-5)8(10,11)12/h1-2,14H. The SMILES string of the molecule is N#Cc1cc(Cl)cc(C(F)(F)F)c1O. The van der Waals surface area contributed by atoms with Crippen LogP contribution < -0.4 is 0 Å². The molecule has 0 unspecified atom stereocenters. The minimum absolute atomic E-state index is 0.244. The topological polar surface area (TPSA) is 44.0 Å². The van der Waals surface area contributed by atoms with Crippen molar-refractivity contribution in [1.82, 2.24) is 0 Å². The summed E-state index contributed by atoms with van der Waals surface area (Å²) >= 11 is 5.34. The minimum Gasteiger partial charge on any atom is -0.506 e. The van der Waals surface area contributed by atoms with Gasteiger partial charge in [-0.25, -0.2) is 0 Å². The molecule has 2 nitrogen and oxygen atoms in total. The number of alkyl halides is 3. The zero-order valence-corrected chi connectivity index (χ0v) is 7.32. The monoisotopic (exact) mass is 221 g/mol. The molecule has 14 heavy (non-hydrogen) atoms. The summed E-state index contributed by atoms with van der Waals surface area (Å²) in [5.41, 5.74) is -1.80. The molecule has 0 bridgehead atoms. The first-order chi connectivity index (χ1) is 6.36. The van der Waals surface area contributed by atoms with E-state index in [9.17, 15) is 13.2 Å². The molecule has 1 aromatic rings. The molecule has 6 heteroatoms. The van der Waals surface area contributed by atoms with E-state index in [0.717, 1.165) is 6.07 Å². The van der Waals surface area contributed by atoms with E-state index in [2.05, 4.69) is 0 Å². The van der Waals surface area contributed by atoms with Crippen molar-refractivity contribution in [2.45, 2.75) is 6.18 Å². The third kappa shape index (κ3) is 1.91. The number of rotatable bonds is 0. The van der Waals surface area contributed by atoms with Gasteiger partial charge in [-0.05, 0) is 12.1 Å². The summed E-state index contributed by atoms with van der Waals surface area (Å²) in [5, 5.41) is 17.2. The van der Waals surface area contributed by atoms with Crippen LogP contribution >= 0.6 is 11.6 Å². The van der Waals surface area contributed by atoms with Gasteiger partial charge in [0.2, 0.25) is 0 Å². The lowest BCUT2D eigenvalue weighted by atomic mass is 10.1. The molecule has 0 saturated carbocycles. The summed E-state index contributed by atoms with van der Waals surface area (Å²) in [4.78, 5) is 0. The molecule has 0 aliphatic rings. The van der Waals surface area contributed by atoms with Gasteiger partial charge < -0.3 is 5.11 Å². The lowest BCUT2D eigenvalue weighted by molar-refractivity contribution is -0.138. The highest BCUT2D eigenvalue weighted by atomic mass is 35.5. The predicted molar refractivity (Wildman–Crippen MR) is 42.8 cm³/mol. The number of aromatic hydroxyl groups is 1. The van der Waals surface area contributed by atoms with E-state index in [1.165, 1.54) is 6.07 Å². The van der Waals surface area contributed by atoms with E-state index in [0.29, 0.717) is 6.07 Å². The first-order valence-corrected chi connectivity index (χ1v) is 3.74. The van der Waals surface area contributed by atoms with Gasteiger partial charge in [-0.3, -0.25) is 0 Å². The van der Waals surface area contributed by atoms with E-state index in [1.807, 2.05) is 0 Å². The Balaban J connectivity index is 3.47. The fourth-order valence-electron chi connectivity index (χ4n) is 0.901. The maximum absolute atomic E-state index is 12.2. The summed E-state index contributed by atoms with van der Waals surface area (Å²) in [6.45, 7) is 0. The van der Waals surface area contributed by atoms with Crippen molar-refractivity contribution in [3.8, 4) is 11.8 Å². The molecule has 0 radical (unpaired) electrons. The molecule has 0 atom stereocenters. The highest BCUT2D eigenvalue weighted by Gasteiger charge is 2.35. The zero-order valence-electron chi connectivity index (χ0n) is 6.56. The van der Waals surface area contributed by atoms with Crippen LogP contribution in [0.5, 0.6) is 5.75 Å². The normalized spacial score (nSPS) is 11.1. The number of phenols is 1. The Bertz CT molecular complexity index is 408. The number of nitrogens with zero attached hydrogens (tertiary/aromatic N) is 1. The van der Waals surface area contributed by atoms with Gasteiger partial charge in [0.1, 0.15) is 17.4 Å². The van der Waals surface area contributed by atoms with Gasteiger partial charge in [0, 0.05) is 5.02 Å². The van der Waals surface area contributed by atoms with E-state index < -0.39 is 23.1 Å². The van der Waals surface area contributed by atoms with Gasteiger partial charge in [-0.15, -0.1) is 0 Å². The Morgan fingerprint density at radius 1 is 1.36 bits per heavy atom. The molecule has 1 N–H and O–H groups in total. The average Bonchev–Trinajstić information content (AvgIpc) is 2.06. The molecule has 0 fully saturated rings. The minimum atomic E-state index is -4.72. The molecular formula is C8H3ClF3NO. The van der Waals surface area contributed by atoms with E-state index in [4.69, 9.17) is 22.0 Å². The van der Waals surface area contributed by atoms with Crippen LogP contribution in [0.15, 0.2) is 12.1 Å². The van der Waals surface area contributed by atoms with Gasteiger partial charge >= 0.3 is 6.18 Å². The Morgan fingerprint density at radius 3 is 2.36 bits per heavy atom. The summed E-state index contributed by atoms with van der Waals surface area (Å²) in [7, 11) is 0. The molecule has 0 spiro atoms. The number of hydrogen-bond donors (Lipinski definition) is 1. The van der Waals surface area contributed by atoms with Crippen LogP contribution in [0.2, 0.25) is 5.02 Å². The Labute approximate surface area is 82.1 Å². The van der Waals surface area contributed by atoms with Crippen molar-refractivity contribution in [1.29, 1.82) is 5.26 Å². The Morgan fingerprint density at radius 2 is 1.93 bits per heavy atom. The highest BCUT2D eigenvalue weighted by molar-refractivity contribution is 6.30. The second-order valence-corrected chi connectivity index (χ2v) is 2.90. The molecule has 1 rings (SSSR count). The fraction of sp³-hybridized carbons (Fsp3) is 0.125. The van der Waals surface area contributed by atoms with Crippen molar-refractivity contribution in [3.63, 3.8) is 0 Å². The molecule has 0 heterocycles. The van der Waals surface area contributed by atoms with Crippen molar-refractivity contribution in [2.75, 3.05) is 0 Å². The second kappa shape index (κ2) is 3.39. The molecule has 74 valence electrons. The molecule has 0 aliphatic heterocycles. The maximum Gasteiger partial charge on any atom is 0.420 e. The smallest absolute Gasteiger partial charge is 0.420 e. The molecule has 0 aliphatic carbocycles. The van der Waals surface area contributed by atoms with E-state index >= 15 is 0 Å². The van der Waals surface area contributed by atoms with Crippen LogP contribution in [0.4, 0.5) is 13.2 Å². The first-order valence-electron chi connectivity index (χ1n) is 3.36. The second-order valence-electron chi connectivity index (χ2n) is 2.46. The van der Waals surface area contributed by atoms with Crippen molar-refractivity contribution >= 4 is 11.6 Å². The zero-order chi connectivity index (χ0) is 10.9. The van der Waals surface area contributed by atoms with E-state index in [1.54, 1.807) is 0 Å². The average molecular weight is 222 g/mol. The fourth-order valence-corrected chi connectivity index (χ4v) is 1.12. The molecule has 1 aromatic carbocycles. The molecule has 0 amide bonds. The van der Waals surface area contributed by atoms with Gasteiger partial charge in [0.25, 0.3) is 0 Å². The van der Waals surface area contributed by atoms with Crippen LogP contribution in [0, 0.1) is 11.3 Å². The molecule has 0 saturated heterocycles. The van der Waals surface area contributed by atoms with Crippen LogP contribution in [0.25, 0.3) is 0 Å². The number of hydrogen-bond acceptors (Lipinski definition) is 2. The maximum atomic E-state index is 12.2. The number of phenolic OH excluding ortho intramolecular Hbond substituents is 1. The summed E-state index contributed by atoms with van der Waals surface area (Å²) in [6.07, 6.45) is -4.72. The Hall–Kier alpha value is -1.41. The summed E-state index contributed by atoms with van der Waals surface area (Å²) in [5.74, 6) is -1.09. The predicted octanol–water partition coefficient (Wildman–Crippen LogP) is 2.94. The molecular weight excluding hydrogens is 219 g/mol. The lowest BCUT2D eigenvalue weighted by Gasteiger charge is -2.09. The third-order valence-corrected chi connectivity index (χ3v) is 1.72. The van der Waals surface area contributed by atoms with Crippen molar-refractivity contribution in [3.05, 3.63) is 28.3 Å². The third-order valence-electron chi connectivity index (χ3n) is 1.50. The number of halogens is 4. The van der Waals surface area contributed by atoms with Crippen LogP contribution in [-0.4, -0.2) is 5.11 Å². The summed E-state index contributed by atoms with van der Waals surface area (Å²) < 4.78 is 36.7. The van der Waals surface area contributed by atoms with Gasteiger partial charge in [0.05, 0.1) is 5.56 Å². The highest BCUT2D eigenvalue weighted by Crippen LogP contribution is 2.39.